The molecule has 0 saturated carbocycles. The number of carbonyl (C=O) groups is 2. The first kappa shape index (κ1) is 19.8. The highest BCUT2D eigenvalue weighted by Crippen LogP contribution is 2.37. The van der Waals surface area contributed by atoms with E-state index in [0.717, 1.165) is 12.1 Å². The van der Waals surface area contributed by atoms with Gasteiger partial charge in [-0.25, -0.2) is 8.78 Å². The molecule has 1 aliphatic heterocycles. The number of aromatic nitrogens is 1. The summed E-state index contributed by atoms with van der Waals surface area (Å²) in [5, 5.41) is 5.01. The fourth-order valence-corrected chi connectivity index (χ4v) is 3.05. The average Bonchev–Trinajstić information content (AvgIpc) is 3.17. The quantitative estimate of drug-likeness (QED) is 0.674. The summed E-state index contributed by atoms with van der Waals surface area (Å²) in [6.07, 6.45) is -5.20. The number of halogens is 5. The highest BCUT2D eigenvalue weighted by Gasteiger charge is 2.38. The van der Waals surface area contributed by atoms with Gasteiger partial charge in [-0.3, -0.25) is 9.59 Å². The predicted octanol–water partition coefficient (Wildman–Crippen LogP) is 2.92. The number of carbonyl (C=O) groups excluding carboxylic acids is 2. The molecule has 1 unspecified atom stereocenters. The zero-order chi connectivity index (χ0) is 20.5. The first-order valence-corrected chi connectivity index (χ1v) is 8.47. The van der Waals surface area contributed by atoms with Gasteiger partial charge < -0.3 is 15.6 Å². The topological polar surface area (TPSA) is 74.0 Å². The number of alkyl halides is 3. The summed E-state index contributed by atoms with van der Waals surface area (Å²) in [5.41, 5.74) is -1.90. The fraction of sp³-hybridized carbons (Fsp3) is 0.333. The van der Waals surface area contributed by atoms with Crippen molar-refractivity contribution in [3.63, 3.8) is 0 Å². The van der Waals surface area contributed by atoms with Crippen LogP contribution in [0.15, 0.2) is 24.3 Å². The van der Waals surface area contributed by atoms with Crippen molar-refractivity contribution in [2.75, 3.05) is 6.54 Å². The number of benzene rings is 1. The third-order valence-electron chi connectivity index (χ3n) is 4.44. The zero-order valence-electron chi connectivity index (χ0n) is 14.4. The molecule has 0 radical (unpaired) electrons. The number of nitrogens with one attached hydrogen (secondary N) is 3. The Morgan fingerprint density at radius 2 is 1.86 bits per heavy atom. The van der Waals surface area contributed by atoms with Crippen molar-refractivity contribution in [1.29, 1.82) is 0 Å². The standard InChI is InChI=1S/C18H16F5N3O2/c19-10-3-1-9(2-4-10)15-11(14(20)16(26-15)18(21,22)23)5-6-13(27)25-12-7-8-24-17(12)28/h1-4,12,26H,5-8H2,(H,24,28)(H,25,27). The summed E-state index contributed by atoms with van der Waals surface area (Å²) in [6.45, 7) is 0.417. The second kappa shape index (κ2) is 7.61. The van der Waals surface area contributed by atoms with Crippen LogP contribution in [-0.4, -0.2) is 29.4 Å². The van der Waals surface area contributed by atoms with Gasteiger partial charge in [0, 0.05) is 18.5 Å². The molecule has 5 nitrogen and oxygen atoms in total. The molecule has 0 spiro atoms. The van der Waals surface area contributed by atoms with Crippen LogP contribution in [0.1, 0.15) is 24.1 Å². The van der Waals surface area contributed by atoms with Gasteiger partial charge in [-0.2, -0.15) is 13.2 Å². The van der Waals surface area contributed by atoms with Crippen molar-refractivity contribution in [2.45, 2.75) is 31.5 Å². The first-order valence-electron chi connectivity index (χ1n) is 8.47. The molecule has 2 amide bonds. The van der Waals surface area contributed by atoms with Crippen molar-refractivity contribution in [1.82, 2.24) is 15.6 Å². The third-order valence-corrected chi connectivity index (χ3v) is 4.44. The van der Waals surface area contributed by atoms with Gasteiger partial charge in [0.2, 0.25) is 11.8 Å². The summed E-state index contributed by atoms with van der Waals surface area (Å²) in [5.74, 6) is -3.02. The van der Waals surface area contributed by atoms with Gasteiger partial charge in [0.15, 0.2) is 11.5 Å². The number of amides is 2. The molecule has 1 aromatic carbocycles. The fourth-order valence-electron chi connectivity index (χ4n) is 3.05. The summed E-state index contributed by atoms with van der Waals surface area (Å²) in [7, 11) is 0. The van der Waals surface area contributed by atoms with Crippen LogP contribution in [0.2, 0.25) is 0 Å². The molecule has 10 heteroatoms. The number of hydrogen-bond donors (Lipinski definition) is 3. The minimum absolute atomic E-state index is 0.154. The zero-order valence-corrected chi connectivity index (χ0v) is 14.4. The molecule has 1 aromatic heterocycles. The smallest absolute Gasteiger partial charge is 0.354 e. The van der Waals surface area contributed by atoms with E-state index < -0.39 is 35.5 Å². The molecule has 1 atom stereocenters. The molecule has 2 heterocycles. The second-order valence-electron chi connectivity index (χ2n) is 6.37. The van der Waals surface area contributed by atoms with Crippen LogP contribution >= 0.6 is 0 Å². The van der Waals surface area contributed by atoms with Crippen LogP contribution in [0.5, 0.6) is 0 Å². The minimum Gasteiger partial charge on any atom is -0.354 e. The number of aromatic amines is 1. The lowest BCUT2D eigenvalue weighted by Gasteiger charge is -2.10. The van der Waals surface area contributed by atoms with Gasteiger partial charge in [0.25, 0.3) is 0 Å². The van der Waals surface area contributed by atoms with E-state index in [1.165, 1.54) is 12.1 Å². The van der Waals surface area contributed by atoms with E-state index in [2.05, 4.69) is 10.6 Å². The van der Waals surface area contributed by atoms with E-state index in [9.17, 15) is 31.5 Å². The molecule has 3 rings (SSSR count). The van der Waals surface area contributed by atoms with Gasteiger partial charge in [-0.05, 0) is 42.7 Å². The van der Waals surface area contributed by atoms with Crippen LogP contribution in [0.25, 0.3) is 11.3 Å². The highest BCUT2D eigenvalue weighted by atomic mass is 19.4. The number of hydrogen-bond acceptors (Lipinski definition) is 2. The minimum atomic E-state index is -4.96. The van der Waals surface area contributed by atoms with E-state index in [4.69, 9.17) is 0 Å². The summed E-state index contributed by atoms with van der Waals surface area (Å²) >= 11 is 0. The third kappa shape index (κ3) is 4.15. The molecule has 150 valence electrons. The summed E-state index contributed by atoms with van der Waals surface area (Å²) in [4.78, 5) is 25.5. The van der Waals surface area contributed by atoms with E-state index in [1.54, 1.807) is 0 Å². The second-order valence-corrected chi connectivity index (χ2v) is 6.37. The van der Waals surface area contributed by atoms with E-state index in [0.29, 0.717) is 13.0 Å². The molecular formula is C18H16F5N3O2. The Hall–Kier alpha value is -2.91. The van der Waals surface area contributed by atoms with Crippen LogP contribution in [0.3, 0.4) is 0 Å². The van der Waals surface area contributed by atoms with Crippen LogP contribution in [0, 0.1) is 11.6 Å². The monoisotopic (exact) mass is 401 g/mol. The molecule has 28 heavy (non-hydrogen) atoms. The van der Waals surface area contributed by atoms with Crippen molar-refractivity contribution in [3.8, 4) is 11.3 Å². The largest absolute Gasteiger partial charge is 0.434 e. The predicted molar refractivity (Wildman–Crippen MR) is 89.0 cm³/mol. The Morgan fingerprint density at radius 1 is 1.18 bits per heavy atom. The average molecular weight is 401 g/mol. The molecule has 2 aromatic rings. The lowest BCUT2D eigenvalue weighted by molar-refractivity contribution is -0.143. The highest BCUT2D eigenvalue weighted by molar-refractivity contribution is 5.89. The Bertz CT molecular complexity index is 890. The van der Waals surface area contributed by atoms with Gasteiger partial charge in [-0.15, -0.1) is 0 Å². The van der Waals surface area contributed by atoms with Crippen LogP contribution < -0.4 is 10.6 Å². The Labute approximate surface area is 156 Å². The number of rotatable bonds is 5. The molecular weight excluding hydrogens is 385 g/mol. The molecule has 0 aliphatic carbocycles. The summed E-state index contributed by atoms with van der Waals surface area (Å²) < 4.78 is 66.8. The maximum atomic E-state index is 14.5. The van der Waals surface area contributed by atoms with Gasteiger partial charge >= 0.3 is 6.18 Å². The number of H-pyrrole nitrogens is 1. The first-order chi connectivity index (χ1) is 13.2. The maximum absolute atomic E-state index is 14.5. The van der Waals surface area contributed by atoms with E-state index >= 15 is 0 Å². The Kier molecular flexibility index (Phi) is 5.39. The molecule has 0 bridgehead atoms. The van der Waals surface area contributed by atoms with Gasteiger partial charge in [0.05, 0.1) is 5.69 Å². The molecule has 1 saturated heterocycles. The molecule has 1 fully saturated rings. The Morgan fingerprint density at radius 3 is 2.43 bits per heavy atom. The Balaban J connectivity index is 1.84. The van der Waals surface area contributed by atoms with Gasteiger partial charge in [-0.1, -0.05) is 0 Å². The lowest BCUT2D eigenvalue weighted by atomic mass is 10.0. The normalized spacial score (nSPS) is 16.9. The van der Waals surface area contributed by atoms with Crippen molar-refractivity contribution >= 4 is 11.8 Å². The molecule has 1 aliphatic rings. The molecule has 3 N–H and O–H groups in total. The van der Waals surface area contributed by atoms with Crippen molar-refractivity contribution in [3.05, 3.63) is 47.2 Å². The van der Waals surface area contributed by atoms with Crippen LogP contribution in [-0.2, 0) is 22.2 Å². The lowest BCUT2D eigenvalue weighted by Crippen LogP contribution is -2.40. The maximum Gasteiger partial charge on any atom is 0.434 e. The van der Waals surface area contributed by atoms with Crippen molar-refractivity contribution in [2.24, 2.45) is 0 Å². The van der Waals surface area contributed by atoms with E-state index in [1.807, 2.05) is 4.98 Å². The van der Waals surface area contributed by atoms with Gasteiger partial charge in [0.1, 0.15) is 11.9 Å². The SMILES string of the molecule is O=C(CCc1c(-c2ccc(F)cc2)[nH]c(C(F)(F)F)c1F)NC1CCNC1=O. The van der Waals surface area contributed by atoms with Crippen LogP contribution in [0.4, 0.5) is 22.0 Å². The van der Waals surface area contributed by atoms with E-state index in [-0.39, 0.29) is 35.6 Å². The van der Waals surface area contributed by atoms with Crippen molar-refractivity contribution < 1.29 is 31.5 Å². The summed E-state index contributed by atoms with van der Waals surface area (Å²) in [6, 6.07) is 3.80.